The van der Waals surface area contributed by atoms with Gasteiger partial charge in [-0.15, -0.1) is 5.10 Å². The number of benzene rings is 2. The van der Waals surface area contributed by atoms with E-state index in [9.17, 15) is 9.59 Å². The Morgan fingerprint density at radius 2 is 2.00 bits per heavy atom. The average Bonchev–Trinajstić information content (AvgIpc) is 3.26. The molecule has 4 rings (SSSR count). The third-order valence-corrected chi connectivity index (χ3v) is 5.24. The number of nitrogens with zero attached hydrogens (tertiary/aromatic N) is 2. The zero-order chi connectivity index (χ0) is 22.7. The van der Waals surface area contributed by atoms with E-state index in [0.717, 1.165) is 11.1 Å². The highest BCUT2D eigenvalue weighted by atomic mass is 35.5. The van der Waals surface area contributed by atoms with Crippen molar-refractivity contribution in [1.29, 1.82) is 0 Å². The number of rotatable bonds is 7. The molecule has 8 nitrogen and oxygen atoms in total. The van der Waals surface area contributed by atoms with E-state index in [2.05, 4.69) is 10.4 Å². The first-order chi connectivity index (χ1) is 15.4. The molecule has 0 fully saturated rings. The van der Waals surface area contributed by atoms with Gasteiger partial charge >= 0.3 is 0 Å². The molecule has 0 bridgehead atoms. The number of fused-ring (bicyclic) bond motifs is 1. The van der Waals surface area contributed by atoms with E-state index in [-0.39, 0.29) is 24.1 Å². The van der Waals surface area contributed by atoms with Crippen molar-refractivity contribution < 1.29 is 19.0 Å². The lowest BCUT2D eigenvalue weighted by atomic mass is 10.2. The minimum atomic E-state index is -0.775. The first-order valence-electron chi connectivity index (χ1n) is 10.1. The maximum atomic E-state index is 12.7. The zero-order valence-corrected chi connectivity index (χ0v) is 18.4. The number of halogens is 1. The fourth-order valence-corrected chi connectivity index (χ4v) is 3.43. The van der Waals surface area contributed by atoms with Gasteiger partial charge in [0.15, 0.2) is 17.6 Å². The molecule has 9 heteroatoms. The Kier molecular flexibility index (Phi) is 6.32. The van der Waals surface area contributed by atoms with Crippen LogP contribution in [0.25, 0.3) is 5.69 Å². The van der Waals surface area contributed by atoms with Crippen molar-refractivity contribution in [1.82, 2.24) is 15.1 Å². The van der Waals surface area contributed by atoms with Crippen molar-refractivity contribution in [2.45, 2.75) is 32.9 Å². The van der Waals surface area contributed by atoms with Gasteiger partial charge < -0.3 is 19.5 Å². The molecule has 0 aliphatic carbocycles. The summed E-state index contributed by atoms with van der Waals surface area (Å²) in [7, 11) is 0. The monoisotopic (exact) mass is 455 g/mol. The van der Waals surface area contributed by atoms with Crippen LogP contribution in [0, 0.1) is 6.92 Å². The second kappa shape index (κ2) is 9.32. The minimum Gasteiger partial charge on any atom is -0.463 e. The van der Waals surface area contributed by atoms with Crippen LogP contribution in [-0.2, 0) is 11.3 Å². The highest BCUT2D eigenvalue weighted by molar-refractivity contribution is 6.30. The van der Waals surface area contributed by atoms with Crippen LogP contribution >= 0.6 is 11.6 Å². The van der Waals surface area contributed by atoms with Crippen LogP contribution in [0.1, 0.15) is 24.5 Å². The fraction of sp³-hybridized carbons (Fsp3) is 0.261. The Balaban J connectivity index is 1.46. The van der Waals surface area contributed by atoms with Gasteiger partial charge in [-0.25, -0.2) is 0 Å². The molecule has 0 radical (unpaired) electrons. The number of hydrogen-bond donors (Lipinski definition) is 1. The minimum absolute atomic E-state index is 0.161. The van der Waals surface area contributed by atoms with E-state index in [1.54, 1.807) is 18.2 Å². The van der Waals surface area contributed by atoms with E-state index >= 15 is 0 Å². The quantitative estimate of drug-likeness (QED) is 0.587. The second-order valence-corrected chi connectivity index (χ2v) is 7.71. The average molecular weight is 456 g/mol. The highest BCUT2D eigenvalue weighted by Crippen LogP contribution is 2.32. The number of amides is 1. The van der Waals surface area contributed by atoms with Crippen LogP contribution in [0.2, 0.25) is 5.02 Å². The molecule has 0 unspecified atom stereocenters. The number of hydrogen-bond acceptors (Lipinski definition) is 6. The molecule has 166 valence electrons. The van der Waals surface area contributed by atoms with Crippen LogP contribution in [-0.4, -0.2) is 28.6 Å². The van der Waals surface area contributed by atoms with Crippen LogP contribution in [0.15, 0.2) is 53.3 Å². The summed E-state index contributed by atoms with van der Waals surface area (Å²) < 4.78 is 17.7. The summed E-state index contributed by atoms with van der Waals surface area (Å²) in [5, 5.41) is 7.63. The summed E-state index contributed by atoms with van der Waals surface area (Å²) >= 11 is 6.08. The second-order valence-electron chi connectivity index (χ2n) is 7.27. The molecular weight excluding hydrogens is 434 g/mol. The van der Waals surface area contributed by atoms with Gasteiger partial charge in [0.1, 0.15) is 0 Å². The van der Waals surface area contributed by atoms with Gasteiger partial charge in [-0.1, -0.05) is 30.7 Å². The summed E-state index contributed by atoms with van der Waals surface area (Å²) in [6.07, 6.45) is -0.354. The number of aromatic nitrogens is 2. The predicted octanol–water partition coefficient (Wildman–Crippen LogP) is 3.40. The molecule has 0 spiro atoms. The first-order valence-corrected chi connectivity index (χ1v) is 10.5. The lowest BCUT2D eigenvalue weighted by Crippen LogP contribution is -2.38. The van der Waals surface area contributed by atoms with Gasteiger partial charge in [0.05, 0.1) is 5.69 Å². The van der Waals surface area contributed by atoms with Gasteiger partial charge in [0, 0.05) is 23.7 Å². The van der Waals surface area contributed by atoms with Gasteiger partial charge in [-0.2, -0.15) is 4.68 Å². The third kappa shape index (κ3) is 4.70. The molecule has 1 amide bonds. The van der Waals surface area contributed by atoms with Gasteiger partial charge in [0.25, 0.3) is 11.5 Å². The lowest BCUT2D eigenvalue weighted by Gasteiger charge is -2.17. The van der Waals surface area contributed by atoms with Crippen LogP contribution in [0.4, 0.5) is 0 Å². The molecular formula is C23H22ClN3O5. The molecule has 0 saturated carbocycles. The molecule has 32 heavy (non-hydrogen) atoms. The summed E-state index contributed by atoms with van der Waals surface area (Å²) in [4.78, 5) is 25.1. The number of carbonyl (C=O) groups is 1. The Morgan fingerprint density at radius 1 is 1.19 bits per heavy atom. The van der Waals surface area contributed by atoms with Gasteiger partial charge in [-0.05, 0) is 48.7 Å². The summed E-state index contributed by atoms with van der Waals surface area (Å²) in [5.74, 6) is 1.21. The molecule has 1 N–H and O–H groups in total. The molecule has 1 atom stereocenters. The van der Waals surface area contributed by atoms with Crippen LogP contribution in [0.5, 0.6) is 17.4 Å². The summed E-state index contributed by atoms with van der Waals surface area (Å²) in [5.41, 5.74) is 1.92. The van der Waals surface area contributed by atoms with Crippen molar-refractivity contribution in [3.63, 3.8) is 0 Å². The standard InChI is InChI=1S/C23H22ClN3O5/c1-3-18(23(29)25-12-15-5-7-19-20(10-15)31-13-30-19)32-21-8-9-22(28)27(26-21)17-11-16(24)6-4-14(17)2/h4-11,18H,3,12-13H2,1-2H3,(H,25,29)/t18-/m0/s1. The molecule has 1 aliphatic rings. The molecule has 2 heterocycles. The largest absolute Gasteiger partial charge is 0.463 e. The van der Waals surface area contributed by atoms with Crippen molar-refractivity contribution in [2.75, 3.05) is 6.79 Å². The van der Waals surface area contributed by atoms with E-state index in [1.807, 2.05) is 32.0 Å². The summed E-state index contributed by atoms with van der Waals surface area (Å²) in [6.45, 7) is 4.19. The van der Waals surface area contributed by atoms with Crippen molar-refractivity contribution in [3.05, 3.63) is 75.0 Å². The molecule has 1 aromatic heterocycles. The van der Waals surface area contributed by atoms with E-state index in [4.69, 9.17) is 25.8 Å². The Hall–Kier alpha value is -3.52. The number of ether oxygens (including phenoxy) is 3. The SMILES string of the molecule is CC[C@H](Oc1ccc(=O)n(-c2cc(Cl)ccc2C)n1)C(=O)NCc1ccc2c(c1)OCO2. The van der Waals surface area contributed by atoms with Crippen LogP contribution < -0.4 is 25.1 Å². The Morgan fingerprint density at radius 3 is 2.81 bits per heavy atom. The maximum absolute atomic E-state index is 12.7. The lowest BCUT2D eigenvalue weighted by molar-refractivity contribution is -0.128. The normalized spacial score (nSPS) is 13.0. The topological polar surface area (TPSA) is 91.7 Å². The van der Waals surface area contributed by atoms with E-state index < -0.39 is 6.10 Å². The van der Waals surface area contributed by atoms with Crippen molar-refractivity contribution >= 4 is 17.5 Å². The van der Waals surface area contributed by atoms with Crippen molar-refractivity contribution in [3.8, 4) is 23.1 Å². The van der Waals surface area contributed by atoms with Crippen LogP contribution in [0.3, 0.4) is 0 Å². The predicted molar refractivity (Wildman–Crippen MR) is 119 cm³/mol. The first kappa shape index (κ1) is 21.7. The Bertz CT molecular complexity index is 1210. The maximum Gasteiger partial charge on any atom is 0.271 e. The highest BCUT2D eigenvalue weighted by Gasteiger charge is 2.20. The fourth-order valence-electron chi connectivity index (χ4n) is 3.26. The smallest absolute Gasteiger partial charge is 0.271 e. The van der Waals surface area contributed by atoms with E-state index in [0.29, 0.717) is 35.2 Å². The van der Waals surface area contributed by atoms with E-state index in [1.165, 1.54) is 16.8 Å². The molecule has 2 aromatic carbocycles. The zero-order valence-electron chi connectivity index (χ0n) is 17.6. The van der Waals surface area contributed by atoms with Gasteiger partial charge in [-0.3, -0.25) is 9.59 Å². The number of nitrogens with one attached hydrogen (secondary N) is 1. The van der Waals surface area contributed by atoms with Crippen molar-refractivity contribution in [2.24, 2.45) is 0 Å². The number of aryl methyl sites for hydroxylation is 1. The Labute approximate surface area is 189 Å². The molecule has 3 aromatic rings. The summed E-state index contributed by atoms with van der Waals surface area (Å²) in [6, 6.07) is 13.5. The van der Waals surface area contributed by atoms with Gasteiger partial charge in [0.2, 0.25) is 12.7 Å². The third-order valence-electron chi connectivity index (χ3n) is 5.01. The number of carbonyl (C=O) groups excluding carboxylic acids is 1. The molecule has 1 aliphatic heterocycles. The molecule has 0 saturated heterocycles.